The van der Waals surface area contributed by atoms with E-state index in [2.05, 4.69) is 15.2 Å². The van der Waals surface area contributed by atoms with Crippen molar-refractivity contribution in [3.05, 3.63) is 17.5 Å². The topological polar surface area (TPSA) is 90.7 Å². The van der Waals surface area contributed by atoms with Crippen molar-refractivity contribution in [2.24, 2.45) is 5.92 Å². The predicted molar refractivity (Wildman–Crippen MR) is 74.6 cm³/mol. The van der Waals surface area contributed by atoms with E-state index in [-0.39, 0.29) is 18.4 Å². The van der Waals surface area contributed by atoms with E-state index in [4.69, 9.17) is 9.26 Å². The first-order valence-electron chi connectivity index (χ1n) is 6.81. The van der Waals surface area contributed by atoms with E-state index in [1.54, 1.807) is 19.9 Å². The molecule has 1 N–H and O–H groups in total. The molecule has 21 heavy (non-hydrogen) atoms. The number of carbonyl (C=O) groups excluding carboxylic acids is 2. The number of methoxy groups -OCH3 is 1. The minimum Gasteiger partial charge on any atom is -0.467 e. The Morgan fingerprint density at radius 2 is 2.00 bits per heavy atom. The van der Waals surface area contributed by atoms with Gasteiger partial charge < -0.3 is 19.3 Å². The summed E-state index contributed by atoms with van der Waals surface area (Å²) in [5.74, 6) is 0.0699. The zero-order valence-corrected chi connectivity index (χ0v) is 13.0. The standard InChI is InChI=1S/C14H22N2O5/c1-8(2)11-6-10(21-16-11)7-20-14(18)15-12(9(3)4)13(17)19-5/h6,8-9,12H,7H2,1-5H3,(H,15,18). The first kappa shape index (κ1) is 17.0. The van der Waals surface area contributed by atoms with Gasteiger partial charge in [0.05, 0.1) is 12.8 Å². The fourth-order valence-corrected chi connectivity index (χ4v) is 1.60. The van der Waals surface area contributed by atoms with E-state index in [1.165, 1.54) is 7.11 Å². The zero-order valence-electron chi connectivity index (χ0n) is 13.0. The lowest BCUT2D eigenvalue weighted by atomic mass is 10.1. The summed E-state index contributed by atoms with van der Waals surface area (Å²) >= 11 is 0. The summed E-state index contributed by atoms with van der Waals surface area (Å²) in [4.78, 5) is 23.2. The molecule has 0 saturated carbocycles. The van der Waals surface area contributed by atoms with Crippen molar-refractivity contribution in [2.45, 2.75) is 46.3 Å². The molecule has 0 aromatic carbocycles. The predicted octanol–water partition coefficient (Wildman–Crippen LogP) is 2.22. The molecule has 0 radical (unpaired) electrons. The maximum Gasteiger partial charge on any atom is 0.408 e. The van der Waals surface area contributed by atoms with Crippen LogP contribution >= 0.6 is 0 Å². The van der Waals surface area contributed by atoms with Crippen molar-refractivity contribution < 1.29 is 23.6 Å². The third-order valence-corrected chi connectivity index (χ3v) is 2.91. The van der Waals surface area contributed by atoms with Crippen molar-refractivity contribution in [3.63, 3.8) is 0 Å². The normalized spacial score (nSPS) is 12.3. The number of nitrogens with one attached hydrogen (secondary N) is 1. The monoisotopic (exact) mass is 298 g/mol. The number of esters is 1. The highest BCUT2D eigenvalue weighted by atomic mass is 16.6. The molecule has 1 rings (SSSR count). The number of amides is 1. The Morgan fingerprint density at radius 1 is 1.33 bits per heavy atom. The zero-order chi connectivity index (χ0) is 16.0. The van der Waals surface area contributed by atoms with E-state index in [9.17, 15) is 9.59 Å². The first-order valence-corrected chi connectivity index (χ1v) is 6.81. The number of ether oxygens (including phenoxy) is 2. The van der Waals surface area contributed by atoms with Crippen molar-refractivity contribution in [3.8, 4) is 0 Å². The summed E-state index contributed by atoms with van der Waals surface area (Å²) in [6, 6.07) is 0.988. The number of carbonyl (C=O) groups is 2. The van der Waals surface area contributed by atoms with Crippen molar-refractivity contribution in [2.75, 3.05) is 7.11 Å². The molecule has 0 bridgehead atoms. The van der Waals surface area contributed by atoms with Crippen LogP contribution in [-0.2, 0) is 20.9 Å². The fourth-order valence-electron chi connectivity index (χ4n) is 1.60. The van der Waals surface area contributed by atoms with Gasteiger partial charge in [0, 0.05) is 6.07 Å². The van der Waals surface area contributed by atoms with Gasteiger partial charge in [0.2, 0.25) is 0 Å². The van der Waals surface area contributed by atoms with Crippen LogP contribution in [0.15, 0.2) is 10.6 Å². The van der Waals surface area contributed by atoms with Gasteiger partial charge in [0.15, 0.2) is 12.4 Å². The number of aromatic nitrogens is 1. The van der Waals surface area contributed by atoms with Gasteiger partial charge in [-0.1, -0.05) is 32.9 Å². The Morgan fingerprint density at radius 3 is 2.48 bits per heavy atom. The van der Waals surface area contributed by atoms with E-state index < -0.39 is 18.1 Å². The van der Waals surface area contributed by atoms with Gasteiger partial charge in [-0.25, -0.2) is 9.59 Å². The minimum absolute atomic E-state index is 0.0441. The van der Waals surface area contributed by atoms with Gasteiger partial charge in [-0.15, -0.1) is 0 Å². The second-order valence-electron chi connectivity index (χ2n) is 5.34. The Bertz CT molecular complexity index is 481. The highest BCUT2D eigenvalue weighted by molar-refractivity contribution is 5.81. The molecule has 1 atom stereocenters. The highest BCUT2D eigenvalue weighted by Gasteiger charge is 2.25. The summed E-state index contributed by atoms with van der Waals surface area (Å²) in [5, 5.41) is 6.33. The number of hydrogen-bond acceptors (Lipinski definition) is 6. The molecule has 0 aliphatic rings. The molecule has 7 heteroatoms. The number of alkyl carbamates (subject to hydrolysis) is 1. The third kappa shape index (κ3) is 5.09. The van der Waals surface area contributed by atoms with Crippen LogP contribution in [0.3, 0.4) is 0 Å². The van der Waals surface area contributed by atoms with Crippen LogP contribution in [0.1, 0.15) is 45.1 Å². The van der Waals surface area contributed by atoms with Crippen LogP contribution in [0.5, 0.6) is 0 Å². The molecule has 0 aliphatic carbocycles. The number of rotatable bonds is 6. The van der Waals surface area contributed by atoms with E-state index in [0.717, 1.165) is 5.69 Å². The minimum atomic E-state index is -0.747. The third-order valence-electron chi connectivity index (χ3n) is 2.91. The maximum atomic E-state index is 11.7. The maximum absolute atomic E-state index is 11.7. The van der Waals surface area contributed by atoms with Gasteiger partial charge in [0.25, 0.3) is 0 Å². The molecule has 0 fully saturated rings. The fraction of sp³-hybridized carbons (Fsp3) is 0.643. The molecule has 1 aromatic rings. The van der Waals surface area contributed by atoms with E-state index in [1.807, 2.05) is 13.8 Å². The van der Waals surface area contributed by atoms with Gasteiger partial charge in [0.1, 0.15) is 6.04 Å². The molecule has 1 amide bonds. The second kappa shape index (κ2) is 7.66. The molecule has 1 heterocycles. The van der Waals surface area contributed by atoms with Gasteiger partial charge in [-0.05, 0) is 11.8 Å². The molecule has 0 aliphatic heterocycles. The van der Waals surface area contributed by atoms with Crippen LogP contribution in [-0.4, -0.2) is 30.4 Å². The van der Waals surface area contributed by atoms with E-state index >= 15 is 0 Å². The van der Waals surface area contributed by atoms with Crippen LogP contribution in [0.4, 0.5) is 4.79 Å². The van der Waals surface area contributed by atoms with Crippen molar-refractivity contribution >= 4 is 12.1 Å². The number of hydrogen-bond donors (Lipinski definition) is 1. The molecule has 1 unspecified atom stereocenters. The van der Waals surface area contributed by atoms with Gasteiger partial charge >= 0.3 is 12.1 Å². The first-order chi connectivity index (χ1) is 9.85. The second-order valence-corrected chi connectivity index (χ2v) is 5.34. The van der Waals surface area contributed by atoms with Crippen LogP contribution in [0.25, 0.3) is 0 Å². The molecule has 0 spiro atoms. The Kier molecular flexibility index (Phi) is 6.20. The Hall–Kier alpha value is -2.05. The summed E-state index contributed by atoms with van der Waals surface area (Å²) in [6.45, 7) is 7.52. The van der Waals surface area contributed by atoms with Crippen LogP contribution in [0, 0.1) is 5.92 Å². The molecular weight excluding hydrogens is 276 g/mol. The SMILES string of the molecule is COC(=O)C(NC(=O)OCc1cc(C(C)C)no1)C(C)C. The van der Waals surface area contributed by atoms with Gasteiger partial charge in [-0.2, -0.15) is 0 Å². The highest BCUT2D eigenvalue weighted by Crippen LogP contribution is 2.14. The molecular formula is C14H22N2O5. The largest absolute Gasteiger partial charge is 0.467 e. The summed E-state index contributed by atoms with van der Waals surface area (Å²) in [6.07, 6.45) is -0.707. The average Bonchev–Trinajstić information content (AvgIpc) is 2.90. The van der Waals surface area contributed by atoms with Crippen LogP contribution in [0.2, 0.25) is 0 Å². The molecule has 0 saturated heterocycles. The smallest absolute Gasteiger partial charge is 0.408 e. The Balaban J connectivity index is 2.50. The summed E-state index contributed by atoms with van der Waals surface area (Å²) in [7, 11) is 1.27. The Labute approximate surface area is 124 Å². The lowest BCUT2D eigenvalue weighted by Crippen LogP contribution is -2.45. The summed E-state index contributed by atoms with van der Waals surface area (Å²) in [5.41, 5.74) is 0.795. The van der Waals surface area contributed by atoms with E-state index in [0.29, 0.717) is 5.76 Å². The molecule has 1 aromatic heterocycles. The van der Waals surface area contributed by atoms with Crippen LogP contribution < -0.4 is 5.32 Å². The molecule has 118 valence electrons. The van der Waals surface area contributed by atoms with Crippen molar-refractivity contribution in [1.82, 2.24) is 10.5 Å². The number of nitrogens with zero attached hydrogens (tertiary/aromatic N) is 1. The van der Waals surface area contributed by atoms with Crippen molar-refractivity contribution in [1.29, 1.82) is 0 Å². The molecule has 7 nitrogen and oxygen atoms in total. The summed E-state index contributed by atoms with van der Waals surface area (Å²) < 4.78 is 14.7. The average molecular weight is 298 g/mol. The quantitative estimate of drug-likeness (QED) is 0.810. The van der Waals surface area contributed by atoms with Gasteiger partial charge in [-0.3, -0.25) is 0 Å². The lowest BCUT2D eigenvalue weighted by Gasteiger charge is -2.19. The lowest BCUT2D eigenvalue weighted by molar-refractivity contribution is -0.144.